The van der Waals surface area contributed by atoms with Gasteiger partial charge >= 0.3 is 0 Å². The second-order valence-corrected chi connectivity index (χ2v) is 3.41. The number of Topliss-reactive ketones (excluding diaryl/α,β-unsaturated/α-hetero) is 1. The van der Waals surface area contributed by atoms with Gasteiger partial charge in [-0.3, -0.25) is 9.78 Å². The zero-order valence-electron chi connectivity index (χ0n) is 6.90. The summed E-state index contributed by atoms with van der Waals surface area (Å²) < 4.78 is 0. The van der Waals surface area contributed by atoms with E-state index in [-0.39, 0.29) is 11.0 Å². The van der Waals surface area contributed by atoms with E-state index in [0.717, 1.165) is 5.69 Å². The lowest BCUT2D eigenvalue weighted by Crippen LogP contribution is -2.13. The van der Waals surface area contributed by atoms with Gasteiger partial charge in [0.15, 0.2) is 5.78 Å². The fourth-order valence-electron chi connectivity index (χ4n) is 0.829. The molecule has 1 aromatic heterocycles. The van der Waals surface area contributed by atoms with Crippen molar-refractivity contribution in [1.82, 2.24) is 4.98 Å². The van der Waals surface area contributed by atoms with E-state index in [2.05, 4.69) is 17.6 Å². The Bertz CT molecular complexity index is 258. The number of hydrogen-bond donors (Lipinski definition) is 1. The van der Waals surface area contributed by atoms with Crippen LogP contribution in [0.5, 0.6) is 0 Å². The number of aromatic nitrogens is 1. The van der Waals surface area contributed by atoms with Gasteiger partial charge in [-0.2, -0.15) is 12.6 Å². The smallest absolute Gasteiger partial charge is 0.151 e. The molecule has 0 amide bonds. The summed E-state index contributed by atoms with van der Waals surface area (Å²) in [4.78, 5) is 15.2. The van der Waals surface area contributed by atoms with Crippen LogP contribution < -0.4 is 0 Å². The van der Waals surface area contributed by atoms with Crippen molar-refractivity contribution >= 4 is 18.4 Å². The van der Waals surface area contributed by atoms with Gasteiger partial charge in [-0.25, -0.2) is 0 Å². The van der Waals surface area contributed by atoms with Gasteiger partial charge < -0.3 is 0 Å². The van der Waals surface area contributed by atoms with Crippen LogP contribution in [-0.2, 0) is 11.2 Å². The third-order valence-corrected chi connectivity index (χ3v) is 1.84. The van der Waals surface area contributed by atoms with Crippen molar-refractivity contribution in [3.63, 3.8) is 0 Å². The molecule has 64 valence electrons. The fraction of sp³-hybridized carbons (Fsp3) is 0.333. The van der Waals surface area contributed by atoms with Crippen molar-refractivity contribution < 1.29 is 4.79 Å². The first-order valence-electron chi connectivity index (χ1n) is 3.81. The lowest BCUT2D eigenvalue weighted by Gasteiger charge is -2.01. The minimum absolute atomic E-state index is 0.108. The number of rotatable bonds is 3. The van der Waals surface area contributed by atoms with Gasteiger partial charge in [0.1, 0.15) is 0 Å². The van der Waals surface area contributed by atoms with Crippen molar-refractivity contribution in [3.8, 4) is 0 Å². The number of hydrogen-bond acceptors (Lipinski definition) is 3. The standard InChI is InChI=1S/C9H11NOS/c1-7(12)9(11)6-8-4-2-3-5-10-8/h2-5,7,12H,6H2,1H3. The highest BCUT2D eigenvalue weighted by atomic mass is 32.1. The predicted octanol–water partition coefficient (Wildman–Crippen LogP) is 1.51. The van der Waals surface area contributed by atoms with E-state index in [4.69, 9.17) is 0 Å². The molecule has 0 aliphatic carbocycles. The van der Waals surface area contributed by atoms with Gasteiger partial charge in [-0.05, 0) is 19.1 Å². The van der Waals surface area contributed by atoms with E-state index in [1.54, 1.807) is 13.1 Å². The molecular formula is C9H11NOS. The maximum absolute atomic E-state index is 11.2. The summed E-state index contributed by atoms with van der Waals surface area (Å²) in [5.41, 5.74) is 0.809. The summed E-state index contributed by atoms with van der Waals surface area (Å²) in [5.74, 6) is 0.108. The van der Waals surface area contributed by atoms with Crippen molar-refractivity contribution in [2.75, 3.05) is 0 Å². The molecule has 1 aromatic rings. The molecule has 0 saturated carbocycles. The van der Waals surface area contributed by atoms with Crippen LogP contribution in [0.2, 0.25) is 0 Å². The summed E-state index contributed by atoms with van der Waals surface area (Å²) in [7, 11) is 0. The van der Waals surface area contributed by atoms with E-state index < -0.39 is 0 Å². The summed E-state index contributed by atoms with van der Waals surface area (Å²) in [6.07, 6.45) is 2.07. The molecule has 0 fully saturated rings. The Hall–Kier alpha value is -0.830. The summed E-state index contributed by atoms with van der Waals surface area (Å²) in [6.45, 7) is 1.77. The van der Waals surface area contributed by atoms with Gasteiger partial charge in [-0.1, -0.05) is 6.07 Å². The van der Waals surface area contributed by atoms with Crippen LogP contribution in [0.4, 0.5) is 0 Å². The van der Waals surface area contributed by atoms with Gasteiger partial charge in [0, 0.05) is 18.3 Å². The second-order valence-electron chi connectivity index (χ2n) is 2.64. The summed E-state index contributed by atoms with van der Waals surface area (Å²) in [6, 6.07) is 5.55. The third kappa shape index (κ3) is 2.66. The van der Waals surface area contributed by atoms with Crippen LogP contribution >= 0.6 is 12.6 Å². The van der Waals surface area contributed by atoms with E-state index in [0.29, 0.717) is 6.42 Å². The molecular weight excluding hydrogens is 170 g/mol. The monoisotopic (exact) mass is 181 g/mol. The SMILES string of the molecule is CC(S)C(=O)Cc1ccccn1. The molecule has 0 aromatic carbocycles. The molecule has 1 unspecified atom stereocenters. The molecule has 0 N–H and O–H groups in total. The highest BCUT2D eigenvalue weighted by molar-refractivity contribution is 7.81. The first-order valence-corrected chi connectivity index (χ1v) is 4.32. The quantitative estimate of drug-likeness (QED) is 0.716. The Kier molecular flexibility index (Phi) is 3.29. The van der Waals surface area contributed by atoms with Crippen LogP contribution in [0.15, 0.2) is 24.4 Å². The Morgan fingerprint density at radius 2 is 2.42 bits per heavy atom. The molecule has 0 radical (unpaired) electrons. The van der Waals surface area contributed by atoms with Gasteiger partial charge in [0.05, 0.1) is 5.25 Å². The predicted molar refractivity (Wildman–Crippen MR) is 51.4 cm³/mol. The molecule has 0 bridgehead atoms. The largest absolute Gasteiger partial charge is 0.298 e. The van der Waals surface area contributed by atoms with Crippen molar-refractivity contribution in [3.05, 3.63) is 30.1 Å². The van der Waals surface area contributed by atoms with Gasteiger partial charge in [-0.15, -0.1) is 0 Å². The van der Waals surface area contributed by atoms with E-state index in [9.17, 15) is 4.79 Å². The van der Waals surface area contributed by atoms with Crippen LogP contribution in [-0.4, -0.2) is 16.0 Å². The number of thiol groups is 1. The van der Waals surface area contributed by atoms with Crippen LogP contribution in [0.1, 0.15) is 12.6 Å². The number of carbonyl (C=O) groups excluding carboxylic acids is 1. The maximum Gasteiger partial charge on any atom is 0.151 e. The van der Waals surface area contributed by atoms with Gasteiger partial charge in [0.2, 0.25) is 0 Å². The molecule has 12 heavy (non-hydrogen) atoms. The zero-order valence-corrected chi connectivity index (χ0v) is 7.79. The van der Waals surface area contributed by atoms with Crippen molar-refractivity contribution in [2.24, 2.45) is 0 Å². The van der Waals surface area contributed by atoms with E-state index in [1.807, 2.05) is 18.2 Å². The van der Waals surface area contributed by atoms with E-state index in [1.165, 1.54) is 0 Å². The number of carbonyl (C=O) groups is 1. The minimum Gasteiger partial charge on any atom is -0.298 e. The Morgan fingerprint density at radius 1 is 1.67 bits per heavy atom. The molecule has 0 aliphatic heterocycles. The first-order chi connectivity index (χ1) is 5.70. The topological polar surface area (TPSA) is 30.0 Å². The first kappa shape index (κ1) is 9.26. The molecule has 2 nitrogen and oxygen atoms in total. The number of ketones is 1. The van der Waals surface area contributed by atoms with Crippen LogP contribution in [0.3, 0.4) is 0 Å². The second kappa shape index (κ2) is 4.26. The van der Waals surface area contributed by atoms with E-state index >= 15 is 0 Å². The van der Waals surface area contributed by atoms with Gasteiger partial charge in [0.25, 0.3) is 0 Å². The van der Waals surface area contributed by atoms with Crippen molar-refractivity contribution in [1.29, 1.82) is 0 Å². The average molecular weight is 181 g/mol. The Labute approximate surface area is 77.4 Å². The highest BCUT2D eigenvalue weighted by Crippen LogP contribution is 2.01. The molecule has 0 aliphatic rings. The molecule has 0 saturated heterocycles. The fourth-order valence-corrected chi connectivity index (χ4v) is 0.920. The van der Waals surface area contributed by atoms with Crippen molar-refractivity contribution in [2.45, 2.75) is 18.6 Å². The number of nitrogens with zero attached hydrogens (tertiary/aromatic N) is 1. The minimum atomic E-state index is -0.202. The molecule has 1 heterocycles. The molecule has 1 atom stereocenters. The highest BCUT2D eigenvalue weighted by Gasteiger charge is 2.08. The maximum atomic E-state index is 11.2. The molecule has 0 spiro atoms. The number of pyridine rings is 1. The van der Waals surface area contributed by atoms with Crippen LogP contribution in [0.25, 0.3) is 0 Å². The Balaban J connectivity index is 2.59. The molecule has 1 rings (SSSR count). The zero-order chi connectivity index (χ0) is 8.97. The normalized spacial score (nSPS) is 12.5. The molecule has 3 heteroatoms. The summed E-state index contributed by atoms with van der Waals surface area (Å²) >= 11 is 4.05. The Morgan fingerprint density at radius 3 is 2.92 bits per heavy atom. The average Bonchev–Trinajstić information content (AvgIpc) is 2.06. The lowest BCUT2D eigenvalue weighted by atomic mass is 10.1. The lowest BCUT2D eigenvalue weighted by molar-refractivity contribution is -0.117. The van der Waals surface area contributed by atoms with Crippen LogP contribution in [0, 0.1) is 0 Å². The third-order valence-electron chi connectivity index (χ3n) is 1.55. The summed E-state index contributed by atoms with van der Waals surface area (Å²) in [5, 5.41) is -0.202.